The fourth-order valence-corrected chi connectivity index (χ4v) is 2.13. The van der Waals surface area contributed by atoms with E-state index < -0.39 is 0 Å². The molecular weight excluding hydrogens is 235 g/mol. The molecule has 0 radical (unpaired) electrons. The summed E-state index contributed by atoms with van der Waals surface area (Å²) in [6.45, 7) is 6.96. The fraction of sp³-hybridized carbons (Fsp3) is 0.778. The molecule has 0 aliphatic heterocycles. The Labute approximate surface area is 77.2 Å². The number of halogens is 1. The van der Waals surface area contributed by atoms with Crippen molar-refractivity contribution in [3.8, 4) is 0 Å². The zero-order chi connectivity index (χ0) is 7.78. The Balaban J connectivity index is 2.89. The lowest BCUT2D eigenvalue weighted by Crippen LogP contribution is -2.16. The molecule has 1 aliphatic rings. The van der Waals surface area contributed by atoms with E-state index >= 15 is 0 Å². The highest BCUT2D eigenvalue weighted by Crippen LogP contribution is 2.43. The van der Waals surface area contributed by atoms with Crippen LogP contribution >= 0.6 is 22.6 Å². The Morgan fingerprint density at radius 3 is 2.40 bits per heavy atom. The van der Waals surface area contributed by atoms with Crippen LogP contribution in [-0.2, 0) is 0 Å². The van der Waals surface area contributed by atoms with Crippen LogP contribution in [0.1, 0.15) is 40.0 Å². The first kappa shape index (κ1) is 8.57. The largest absolute Gasteiger partial charge is 0.0635 e. The van der Waals surface area contributed by atoms with Gasteiger partial charge in [-0.15, -0.1) is 0 Å². The molecular formula is C9H15I. The standard InChI is InChI=1S/C9H15I/c1-7-5-4-6-9(2,3)8(7)10/h4-6H2,1-3H3. The lowest BCUT2D eigenvalue weighted by atomic mass is 9.80. The third kappa shape index (κ3) is 1.55. The van der Waals surface area contributed by atoms with Gasteiger partial charge in [0.05, 0.1) is 0 Å². The first-order valence-corrected chi connectivity index (χ1v) is 4.97. The number of hydrogen-bond acceptors (Lipinski definition) is 0. The summed E-state index contributed by atoms with van der Waals surface area (Å²) >= 11 is 2.51. The summed E-state index contributed by atoms with van der Waals surface area (Å²) < 4.78 is 1.59. The van der Waals surface area contributed by atoms with E-state index in [2.05, 4.69) is 43.4 Å². The van der Waals surface area contributed by atoms with Gasteiger partial charge in [0.2, 0.25) is 0 Å². The van der Waals surface area contributed by atoms with Gasteiger partial charge in [-0.3, -0.25) is 0 Å². The van der Waals surface area contributed by atoms with Gasteiger partial charge in [-0.2, -0.15) is 0 Å². The van der Waals surface area contributed by atoms with Crippen molar-refractivity contribution in [2.75, 3.05) is 0 Å². The van der Waals surface area contributed by atoms with Crippen LogP contribution < -0.4 is 0 Å². The summed E-state index contributed by atoms with van der Waals surface area (Å²) in [6.07, 6.45) is 4.07. The second kappa shape index (κ2) is 2.84. The van der Waals surface area contributed by atoms with Crippen LogP contribution in [0.4, 0.5) is 0 Å². The molecule has 0 spiro atoms. The normalized spacial score (nSPS) is 25.2. The minimum Gasteiger partial charge on any atom is -0.0635 e. The van der Waals surface area contributed by atoms with Crippen LogP contribution in [-0.4, -0.2) is 0 Å². The fourth-order valence-electron chi connectivity index (χ4n) is 1.59. The summed E-state index contributed by atoms with van der Waals surface area (Å²) in [5.74, 6) is 0. The maximum absolute atomic E-state index is 2.51. The Bertz CT molecular complexity index is 166. The van der Waals surface area contributed by atoms with Gasteiger partial charge in [0.15, 0.2) is 0 Å². The molecule has 0 bridgehead atoms. The highest BCUT2D eigenvalue weighted by atomic mass is 127. The Morgan fingerprint density at radius 1 is 1.40 bits per heavy atom. The number of rotatable bonds is 0. The molecule has 0 amide bonds. The predicted octanol–water partition coefficient (Wildman–Crippen LogP) is 3.91. The van der Waals surface area contributed by atoms with Gasteiger partial charge in [0.25, 0.3) is 0 Å². The molecule has 0 aromatic rings. The first-order chi connectivity index (χ1) is 4.54. The summed E-state index contributed by atoms with van der Waals surface area (Å²) in [5, 5.41) is 0. The molecule has 0 nitrogen and oxygen atoms in total. The lowest BCUT2D eigenvalue weighted by molar-refractivity contribution is 0.393. The summed E-state index contributed by atoms with van der Waals surface area (Å²) in [6, 6.07) is 0. The van der Waals surface area contributed by atoms with E-state index in [0.717, 1.165) is 0 Å². The zero-order valence-corrected chi connectivity index (χ0v) is 9.16. The molecule has 58 valence electrons. The topological polar surface area (TPSA) is 0 Å². The Hall–Kier alpha value is 0.470. The highest BCUT2D eigenvalue weighted by molar-refractivity contribution is 14.1. The van der Waals surface area contributed by atoms with E-state index in [-0.39, 0.29) is 0 Å². The van der Waals surface area contributed by atoms with Crippen molar-refractivity contribution < 1.29 is 0 Å². The van der Waals surface area contributed by atoms with Gasteiger partial charge in [-0.25, -0.2) is 0 Å². The van der Waals surface area contributed by atoms with Crippen molar-refractivity contribution in [3.05, 3.63) is 9.15 Å². The van der Waals surface area contributed by atoms with Crippen LogP contribution in [0.2, 0.25) is 0 Å². The number of allylic oxidation sites excluding steroid dienone is 2. The van der Waals surface area contributed by atoms with E-state index in [1.165, 1.54) is 19.3 Å². The molecule has 0 heterocycles. The van der Waals surface area contributed by atoms with Crippen molar-refractivity contribution in [1.82, 2.24) is 0 Å². The van der Waals surface area contributed by atoms with Gasteiger partial charge in [-0.05, 0) is 57.8 Å². The minimum absolute atomic E-state index is 0.475. The van der Waals surface area contributed by atoms with Crippen LogP contribution in [0.3, 0.4) is 0 Å². The van der Waals surface area contributed by atoms with Gasteiger partial charge in [0.1, 0.15) is 0 Å². The minimum atomic E-state index is 0.475. The summed E-state index contributed by atoms with van der Waals surface area (Å²) in [4.78, 5) is 0. The highest BCUT2D eigenvalue weighted by Gasteiger charge is 2.25. The van der Waals surface area contributed by atoms with E-state index in [9.17, 15) is 0 Å². The monoisotopic (exact) mass is 250 g/mol. The van der Waals surface area contributed by atoms with Crippen LogP contribution in [0, 0.1) is 5.41 Å². The average molecular weight is 250 g/mol. The molecule has 0 saturated heterocycles. The maximum Gasteiger partial charge on any atom is -0.00460 e. The Kier molecular flexibility index (Phi) is 2.43. The van der Waals surface area contributed by atoms with Gasteiger partial charge < -0.3 is 0 Å². The molecule has 1 aliphatic carbocycles. The first-order valence-electron chi connectivity index (χ1n) is 3.90. The molecule has 0 aromatic carbocycles. The second-order valence-corrected chi connectivity index (χ2v) is 4.91. The number of hydrogen-bond donors (Lipinski definition) is 0. The van der Waals surface area contributed by atoms with Crippen molar-refractivity contribution in [3.63, 3.8) is 0 Å². The molecule has 0 saturated carbocycles. The zero-order valence-electron chi connectivity index (χ0n) is 7.00. The van der Waals surface area contributed by atoms with Crippen molar-refractivity contribution in [2.24, 2.45) is 5.41 Å². The average Bonchev–Trinajstić information content (AvgIpc) is 1.83. The van der Waals surface area contributed by atoms with Gasteiger partial charge >= 0.3 is 0 Å². The van der Waals surface area contributed by atoms with Crippen LogP contribution in [0.15, 0.2) is 9.15 Å². The maximum atomic E-state index is 2.51. The van der Waals surface area contributed by atoms with E-state index in [4.69, 9.17) is 0 Å². The summed E-state index contributed by atoms with van der Waals surface area (Å²) in [7, 11) is 0. The molecule has 0 fully saturated rings. The molecule has 0 aromatic heterocycles. The molecule has 0 unspecified atom stereocenters. The van der Waals surface area contributed by atoms with Crippen molar-refractivity contribution in [1.29, 1.82) is 0 Å². The third-order valence-corrected chi connectivity index (χ3v) is 4.70. The van der Waals surface area contributed by atoms with E-state index in [1.807, 2.05) is 0 Å². The van der Waals surface area contributed by atoms with Crippen molar-refractivity contribution >= 4 is 22.6 Å². The Morgan fingerprint density at radius 2 is 2.00 bits per heavy atom. The van der Waals surface area contributed by atoms with Crippen LogP contribution in [0.25, 0.3) is 0 Å². The van der Waals surface area contributed by atoms with E-state index in [0.29, 0.717) is 5.41 Å². The van der Waals surface area contributed by atoms with Crippen molar-refractivity contribution in [2.45, 2.75) is 40.0 Å². The molecule has 0 atom stereocenters. The summed E-state index contributed by atoms with van der Waals surface area (Å²) in [5.41, 5.74) is 2.08. The van der Waals surface area contributed by atoms with Gasteiger partial charge in [0, 0.05) is 0 Å². The SMILES string of the molecule is CC1=C(I)C(C)(C)CCC1. The van der Waals surface area contributed by atoms with Crippen LogP contribution in [0.5, 0.6) is 0 Å². The van der Waals surface area contributed by atoms with Gasteiger partial charge in [-0.1, -0.05) is 19.4 Å². The molecule has 10 heavy (non-hydrogen) atoms. The van der Waals surface area contributed by atoms with E-state index in [1.54, 1.807) is 9.15 Å². The smallest absolute Gasteiger partial charge is 0.00460 e. The third-order valence-electron chi connectivity index (χ3n) is 2.32. The quantitative estimate of drug-likeness (QED) is 0.572. The molecule has 1 rings (SSSR count). The predicted molar refractivity (Wildman–Crippen MR) is 54.4 cm³/mol. The lowest BCUT2D eigenvalue weighted by Gasteiger charge is -2.30. The second-order valence-electron chi connectivity index (χ2n) is 3.83. The molecule has 0 N–H and O–H groups in total. The molecule has 1 heteroatoms.